The van der Waals surface area contributed by atoms with Crippen molar-refractivity contribution in [2.24, 2.45) is 0 Å². The van der Waals surface area contributed by atoms with Crippen LogP contribution < -0.4 is 5.46 Å². The summed E-state index contributed by atoms with van der Waals surface area (Å²) in [5.74, 6) is -0.645. The number of rotatable bonds is 5. The zero-order chi connectivity index (χ0) is 21.8. The molecule has 2 aliphatic heterocycles. The largest absolute Gasteiger partial charge is 0.496 e. The molecule has 3 rings (SSSR count). The van der Waals surface area contributed by atoms with Crippen LogP contribution in [0.2, 0.25) is 0 Å². The topological polar surface area (TPSA) is 78.0 Å². The molecule has 1 amide bonds. The molecule has 0 saturated carbocycles. The van der Waals surface area contributed by atoms with E-state index in [0.717, 1.165) is 0 Å². The Morgan fingerprint density at radius 2 is 1.90 bits per heavy atom. The van der Waals surface area contributed by atoms with Crippen molar-refractivity contribution in [2.75, 3.05) is 0 Å². The van der Waals surface area contributed by atoms with Crippen LogP contribution in [0.4, 0.5) is 0 Å². The molecule has 0 unspecified atom stereocenters. The summed E-state index contributed by atoms with van der Waals surface area (Å²) in [4.78, 5) is 31.5. The molecule has 158 valence electrons. The van der Waals surface area contributed by atoms with Crippen LogP contribution >= 0.6 is 0 Å². The Balaban J connectivity index is 1.78. The van der Waals surface area contributed by atoms with Gasteiger partial charge in [0.25, 0.3) is 5.91 Å². The maximum atomic E-state index is 13.0. The Kier molecular flexibility index (Phi) is 5.33. The lowest BCUT2D eigenvalue weighted by Gasteiger charge is -2.32. The van der Waals surface area contributed by atoms with Gasteiger partial charge in [-0.25, -0.2) is 4.79 Å². The summed E-state index contributed by atoms with van der Waals surface area (Å²) in [6.07, 6.45) is 2.37. The van der Waals surface area contributed by atoms with E-state index in [9.17, 15) is 9.59 Å². The van der Waals surface area contributed by atoms with E-state index in [1.807, 2.05) is 48.5 Å². The van der Waals surface area contributed by atoms with E-state index in [-0.39, 0.29) is 12.5 Å². The van der Waals surface area contributed by atoms with Gasteiger partial charge in [-0.3, -0.25) is 9.78 Å². The van der Waals surface area contributed by atoms with Crippen molar-refractivity contribution in [3.05, 3.63) is 23.5 Å². The summed E-state index contributed by atoms with van der Waals surface area (Å²) in [7, 11) is -0.590. The van der Waals surface area contributed by atoms with E-state index in [4.69, 9.17) is 14.0 Å². The summed E-state index contributed by atoms with van der Waals surface area (Å²) in [5.41, 5.74) is 0.299. The molecule has 1 aromatic heterocycles. The van der Waals surface area contributed by atoms with Crippen molar-refractivity contribution in [1.82, 2.24) is 9.88 Å². The standard InChI is InChI=1S/C21H31BN2O5/c1-9-19(3,4)27-18(26)13(2)24-12-16-15(17(24)25)10-14(11-23-16)22-28-20(5,6)21(7,8)29-22/h10-11,13H,9,12H2,1-8H3/t13-/m1/s1. The zero-order valence-corrected chi connectivity index (χ0v) is 18.7. The number of amides is 1. The highest BCUT2D eigenvalue weighted by Crippen LogP contribution is 2.36. The molecule has 29 heavy (non-hydrogen) atoms. The molecule has 3 heterocycles. The molecule has 1 fully saturated rings. The normalized spacial score (nSPS) is 21.3. The van der Waals surface area contributed by atoms with Gasteiger partial charge in [0.1, 0.15) is 11.6 Å². The van der Waals surface area contributed by atoms with Crippen LogP contribution in [0.1, 0.15) is 77.9 Å². The number of hydrogen-bond donors (Lipinski definition) is 0. The highest BCUT2D eigenvalue weighted by molar-refractivity contribution is 6.62. The van der Waals surface area contributed by atoms with Gasteiger partial charge in [-0.05, 0) is 61.0 Å². The number of ether oxygens (including phenoxy) is 1. The Labute approximate surface area is 173 Å². The minimum atomic E-state index is -0.692. The number of nitrogens with zero attached hydrogens (tertiary/aromatic N) is 2. The van der Waals surface area contributed by atoms with Crippen molar-refractivity contribution in [3.8, 4) is 0 Å². The number of hydrogen-bond acceptors (Lipinski definition) is 6. The maximum Gasteiger partial charge on any atom is 0.496 e. The van der Waals surface area contributed by atoms with Crippen molar-refractivity contribution in [2.45, 2.75) is 91.2 Å². The monoisotopic (exact) mass is 402 g/mol. The fourth-order valence-corrected chi connectivity index (χ4v) is 3.19. The van der Waals surface area contributed by atoms with Gasteiger partial charge in [-0.2, -0.15) is 0 Å². The first kappa shape index (κ1) is 21.8. The number of aromatic nitrogens is 1. The second-order valence-corrected chi connectivity index (χ2v) is 9.49. The number of carbonyl (C=O) groups is 2. The molecule has 0 bridgehead atoms. The van der Waals surface area contributed by atoms with Crippen LogP contribution in [0.15, 0.2) is 12.3 Å². The molecule has 7 nitrogen and oxygen atoms in total. The number of fused-ring (bicyclic) bond motifs is 1. The fourth-order valence-electron chi connectivity index (χ4n) is 3.19. The van der Waals surface area contributed by atoms with Gasteiger partial charge < -0.3 is 18.9 Å². The summed E-state index contributed by atoms with van der Waals surface area (Å²) in [6, 6.07) is 1.07. The predicted octanol–water partition coefficient (Wildman–Crippen LogP) is 2.46. The van der Waals surface area contributed by atoms with Crippen molar-refractivity contribution in [1.29, 1.82) is 0 Å². The predicted molar refractivity (Wildman–Crippen MR) is 110 cm³/mol. The lowest BCUT2D eigenvalue weighted by atomic mass is 9.79. The molecular formula is C21H31BN2O5. The number of pyridine rings is 1. The molecule has 0 aromatic carbocycles. The highest BCUT2D eigenvalue weighted by Gasteiger charge is 2.52. The lowest BCUT2D eigenvalue weighted by Crippen LogP contribution is -2.43. The van der Waals surface area contributed by atoms with Crippen LogP contribution in [0.3, 0.4) is 0 Å². The van der Waals surface area contributed by atoms with Gasteiger partial charge in [-0.1, -0.05) is 6.92 Å². The number of esters is 1. The SMILES string of the molecule is CCC(C)(C)OC(=O)[C@@H](C)N1Cc2ncc(B3OC(C)(C)C(C)(C)O3)cc2C1=O. The van der Waals surface area contributed by atoms with E-state index in [1.165, 1.54) is 4.90 Å². The third-order valence-electron chi connectivity index (χ3n) is 6.37. The average molecular weight is 402 g/mol. The van der Waals surface area contributed by atoms with Crippen LogP contribution in [-0.2, 0) is 25.4 Å². The molecule has 2 aliphatic rings. The molecule has 0 N–H and O–H groups in total. The quantitative estimate of drug-likeness (QED) is 0.556. The second-order valence-electron chi connectivity index (χ2n) is 9.49. The van der Waals surface area contributed by atoms with Gasteiger partial charge in [0.05, 0.1) is 29.0 Å². The molecule has 1 atom stereocenters. The van der Waals surface area contributed by atoms with Crippen molar-refractivity contribution >= 4 is 24.5 Å². The minimum Gasteiger partial charge on any atom is -0.458 e. The van der Waals surface area contributed by atoms with Crippen LogP contribution in [0, 0.1) is 0 Å². The molecular weight excluding hydrogens is 371 g/mol. The van der Waals surface area contributed by atoms with E-state index in [1.54, 1.807) is 19.2 Å². The van der Waals surface area contributed by atoms with Gasteiger partial charge in [0.2, 0.25) is 0 Å². The Morgan fingerprint density at radius 3 is 2.45 bits per heavy atom. The van der Waals surface area contributed by atoms with Crippen LogP contribution in [0.25, 0.3) is 0 Å². The maximum absolute atomic E-state index is 13.0. The smallest absolute Gasteiger partial charge is 0.458 e. The Hall–Kier alpha value is -1.93. The summed E-state index contributed by atoms with van der Waals surface area (Å²) >= 11 is 0. The number of carbonyl (C=O) groups excluding carboxylic acids is 2. The van der Waals surface area contributed by atoms with Crippen molar-refractivity contribution < 1.29 is 23.6 Å². The second kappa shape index (κ2) is 7.09. The Bertz CT molecular complexity index is 820. The van der Waals surface area contributed by atoms with E-state index >= 15 is 0 Å². The molecule has 1 aromatic rings. The van der Waals surface area contributed by atoms with Crippen LogP contribution in [-0.4, -0.2) is 51.7 Å². The van der Waals surface area contributed by atoms with Gasteiger partial charge >= 0.3 is 13.1 Å². The Morgan fingerprint density at radius 1 is 1.31 bits per heavy atom. The van der Waals surface area contributed by atoms with Gasteiger partial charge in [-0.15, -0.1) is 0 Å². The molecule has 0 aliphatic carbocycles. The average Bonchev–Trinajstić information content (AvgIpc) is 3.06. The first-order valence-electron chi connectivity index (χ1n) is 10.2. The van der Waals surface area contributed by atoms with Crippen LogP contribution in [0.5, 0.6) is 0 Å². The van der Waals surface area contributed by atoms with E-state index < -0.39 is 35.9 Å². The summed E-state index contributed by atoms with van der Waals surface area (Å²) in [5, 5.41) is 0. The zero-order valence-electron chi connectivity index (χ0n) is 18.7. The first-order chi connectivity index (χ1) is 13.3. The van der Waals surface area contributed by atoms with E-state index in [0.29, 0.717) is 23.1 Å². The lowest BCUT2D eigenvalue weighted by molar-refractivity contribution is -0.161. The summed E-state index contributed by atoms with van der Waals surface area (Å²) in [6.45, 7) is 15.5. The van der Waals surface area contributed by atoms with Gasteiger partial charge in [0, 0.05) is 11.7 Å². The fraction of sp³-hybridized carbons (Fsp3) is 0.667. The van der Waals surface area contributed by atoms with Gasteiger partial charge in [0.15, 0.2) is 0 Å². The minimum absolute atomic E-state index is 0.232. The van der Waals surface area contributed by atoms with E-state index in [2.05, 4.69) is 4.98 Å². The molecule has 0 spiro atoms. The molecule has 8 heteroatoms. The summed E-state index contributed by atoms with van der Waals surface area (Å²) < 4.78 is 17.7. The van der Waals surface area contributed by atoms with Crippen molar-refractivity contribution in [3.63, 3.8) is 0 Å². The third kappa shape index (κ3) is 3.92. The molecule has 0 radical (unpaired) electrons. The molecule has 1 saturated heterocycles. The third-order valence-corrected chi connectivity index (χ3v) is 6.37. The first-order valence-corrected chi connectivity index (χ1v) is 10.2. The highest BCUT2D eigenvalue weighted by atomic mass is 16.7.